The van der Waals surface area contributed by atoms with Crippen LogP contribution in [0.4, 0.5) is 5.69 Å². The van der Waals surface area contributed by atoms with E-state index >= 15 is 0 Å². The summed E-state index contributed by atoms with van der Waals surface area (Å²) in [7, 11) is 0. The van der Waals surface area contributed by atoms with Crippen molar-refractivity contribution in [2.75, 3.05) is 11.1 Å². The van der Waals surface area contributed by atoms with Gasteiger partial charge in [-0.1, -0.05) is 89.6 Å². The Labute approximate surface area is 200 Å². The smallest absolute Gasteiger partial charge is 0.234 e. The number of nitrogens with one attached hydrogen (secondary N) is 1. The molecule has 0 aliphatic rings. The predicted molar refractivity (Wildman–Crippen MR) is 133 cm³/mol. The molecule has 0 saturated heterocycles. The number of nitrogens with zero attached hydrogens (tertiary/aromatic N) is 3. The summed E-state index contributed by atoms with van der Waals surface area (Å²) < 4.78 is 1.99. The maximum Gasteiger partial charge on any atom is 0.234 e. The van der Waals surface area contributed by atoms with E-state index in [1.165, 1.54) is 28.1 Å². The fraction of sp³-hybridized carbons (Fsp3) is 0.125. The molecule has 0 radical (unpaired) electrons. The molecule has 1 N–H and O–H groups in total. The highest BCUT2D eigenvalue weighted by atomic mass is 35.5. The third-order valence-corrected chi connectivity index (χ3v) is 6.68. The molecular formula is C24H20Cl2N4OS. The van der Waals surface area contributed by atoms with Crippen molar-refractivity contribution >= 4 is 57.3 Å². The Morgan fingerprint density at radius 2 is 1.84 bits per heavy atom. The van der Waals surface area contributed by atoms with Crippen molar-refractivity contribution in [3.63, 3.8) is 0 Å². The molecule has 162 valence electrons. The summed E-state index contributed by atoms with van der Waals surface area (Å²) in [4.78, 5) is 12.5. The van der Waals surface area contributed by atoms with Gasteiger partial charge in [-0.25, -0.2) is 0 Å². The van der Waals surface area contributed by atoms with Gasteiger partial charge in [-0.05, 0) is 28.5 Å². The van der Waals surface area contributed by atoms with Crippen LogP contribution in [-0.4, -0.2) is 26.4 Å². The molecule has 1 aromatic heterocycles. The van der Waals surface area contributed by atoms with Crippen LogP contribution < -0.4 is 5.32 Å². The number of amides is 1. The number of carbonyl (C=O) groups is 1. The SMILES string of the molecule is C=CCn1c(Cc2cccc3ccccc23)nnc1SCC(=O)Nc1cccc(Cl)c1Cl. The first-order valence-electron chi connectivity index (χ1n) is 9.93. The first kappa shape index (κ1) is 22.4. The van der Waals surface area contributed by atoms with Gasteiger partial charge in [-0.3, -0.25) is 4.79 Å². The Morgan fingerprint density at radius 1 is 1.06 bits per heavy atom. The summed E-state index contributed by atoms with van der Waals surface area (Å²) in [5.41, 5.74) is 1.65. The van der Waals surface area contributed by atoms with Crippen molar-refractivity contribution in [2.45, 2.75) is 18.1 Å². The summed E-state index contributed by atoms with van der Waals surface area (Å²) in [6.45, 7) is 4.40. The quantitative estimate of drug-likeness (QED) is 0.238. The van der Waals surface area contributed by atoms with Crippen LogP contribution >= 0.6 is 35.0 Å². The molecule has 3 aromatic carbocycles. The Balaban J connectivity index is 1.50. The minimum absolute atomic E-state index is 0.159. The van der Waals surface area contributed by atoms with E-state index in [9.17, 15) is 4.79 Å². The van der Waals surface area contributed by atoms with Crippen LogP contribution in [0.3, 0.4) is 0 Å². The molecule has 0 aliphatic heterocycles. The molecular weight excluding hydrogens is 463 g/mol. The van der Waals surface area contributed by atoms with Gasteiger partial charge in [-0.2, -0.15) is 0 Å². The lowest BCUT2D eigenvalue weighted by Gasteiger charge is -2.10. The van der Waals surface area contributed by atoms with Crippen molar-refractivity contribution in [1.82, 2.24) is 14.8 Å². The summed E-state index contributed by atoms with van der Waals surface area (Å²) in [6.07, 6.45) is 2.43. The molecule has 4 aromatic rings. The summed E-state index contributed by atoms with van der Waals surface area (Å²) >= 11 is 13.5. The monoisotopic (exact) mass is 482 g/mol. The van der Waals surface area contributed by atoms with Gasteiger partial charge in [0, 0.05) is 13.0 Å². The van der Waals surface area contributed by atoms with E-state index in [0.29, 0.717) is 33.9 Å². The zero-order valence-electron chi connectivity index (χ0n) is 17.1. The molecule has 0 spiro atoms. The molecule has 5 nitrogen and oxygen atoms in total. The first-order chi connectivity index (χ1) is 15.6. The van der Waals surface area contributed by atoms with Crippen LogP contribution in [0.25, 0.3) is 10.8 Å². The Kier molecular flexibility index (Phi) is 7.15. The average Bonchev–Trinajstić information content (AvgIpc) is 3.17. The largest absolute Gasteiger partial charge is 0.324 e. The second kappa shape index (κ2) is 10.2. The fourth-order valence-corrected chi connectivity index (χ4v) is 4.52. The van der Waals surface area contributed by atoms with E-state index in [1.54, 1.807) is 24.3 Å². The highest BCUT2D eigenvalue weighted by molar-refractivity contribution is 7.99. The topological polar surface area (TPSA) is 59.8 Å². The van der Waals surface area contributed by atoms with Gasteiger partial charge in [-0.15, -0.1) is 16.8 Å². The molecule has 0 unspecified atom stereocenters. The fourth-order valence-electron chi connectivity index (χ4n) is 3.40. The Morgan fingerprint density at radius 3 is 2.69 bits per heavy atom. The maximum atomic E-state index is 12.5. The summed E-state index contributed by atoms with van der Waals surface area (Å²) in [5.74, 6) is 0.775. The molecule has 4 rings (SSSR count). The van der Waals surface area contributed by atoms with E-state index in [-0.39, 0.29) is 11.7 Å². The molecule has 0 aliphatic carbocycles. The van der Waals surface area contributed by atoms with E-state index in [1.807, 2.05) is 22.8 Å². The number of halogens is 2. The molecule has 0 bridgehead atoms. The zero-order valence-corrected chi connectivity index (χ0v) is 19.4. The Hall–Kier alpha value is -2.80. The van der Waals surface area contributed by atoms with E-state index in [0.717, 1.165) is 5.82 Å². The normalized spacial score (nSPS) is 10.9. The Bertz CT molecular complexity index is 1280. The molecule has 0 atom stereocenters. The first-order valence-corrected chi connectivity index (χ1v) is 11.7. The van der Waals surface area contributed by atoms with Crippen LogP contribution in [0.15, 0.2) is 78.5 Å². The molecule has 8 heteroatoms. The summed E-state index contributed by atoms with van der Waals surface area (Å²) in [5, 5.41) is 15.3. The van der Waals surface area contributed by atoms with E-state index in [2.05, 4.69) is 46.4 Å². The van der Waals surface area contributed by atoms with Crippen molar-refractivity contribution < 1.29 is 4.79 Å². The lowest BCUT2D eigenvalue weighted by Crippen LogP contribution is -2.15. The average molecular weight is 483 g/mol. The lowest BCUT2D eigenvalue weighted by atomic mass is 10.0. The molecule has 1 heterocycles. The number of anilines is 1. The number of fused-ring (bicyclic) bond motifs is 1. The summed E-state index contributed by atoms with van der Waals surface area (Å²) in [6, 6.07) is 19.6. The molecule has 32 heavy (non-hydrogen) atoms. The standard InChI is InChI=1S/C24H20Cl2N4OS/c1-2-13-30-21(14-17-9-5-8-16-7-3-4-10-18(16)17)28-29-24(30)32-15-22(31)27-20-12-6-11-19(25)23(20)26/h2-12H,1,13-15H2,(H,27,31). The van der Waals surface area contributed by atoms with Crippen molar-refractivity contribution in [3.05, 3.63) is 94.8 Å². The number of aromatic nitrogens is 3. The second-order valence-electron chi connectivity index (χ2n) is 7.05. The van der Waals surface area contributed by atoms with Crippen LogP contribution in [0.1, 0.15) is 11.4 Å². The molecule has 0 saturated carbocycles. The predicted octanol–water partition coefficient (Wildman–Crippen LogP) is 6.25. The number of benzene rings is 3. The minimum atomic E-state index is -0.206. The number of thioether (sulfide) groups is 1. The zero-order chi connectivity index (χ0) is 22.5. The second-order valence-corrected chi connectivity index (χ2v) is 8.78. The van der Waals surface area contributed by atoms with Gasteiger partial charge in [0.1, 0.15) is 5.82 Å². The van der Waals surface area contributed by atoms with Gasteiger partial charge in [0.25, 0.3) is 0 Å². The lowest BCUT2D eigenvalue weighted by molar-refractivity contribution is -0.113. The maximum absolute atomic E-state index is 12.5. The van der Waals surface area contributed by atoms with E-state index in [4.69, 9.17) is 23.2 Å². The van der Waals surface area contributed by atoms with Gasteiger partial charge in [0.05, 0.1) is 21.5 Å². The molecule has 0 fully saturated rings. The van der Waals surface area contributed by atoms with Crippen LogP contribution in [-0.2, 0) is 17.8 Å². The molecule has 1 amide bonds. The van der Waals surface area contributed by atoms with Gasteiger partial charge in [0.2, 0.25) is 5.91 Å². The number of hydrogen-bond acceptors (Lipinski definition) is 4. The van der Waals surface area contributed by atoms with Gasteiger partial charge < -0.3 is 9.88 Å². The van der Waals surface area contributed by atoms with Gasteiger partial charge in [0.15, 0.2) is 5.16 Å². The van der Waals surface area contributed by atoms with Crippen molar-refractivity contribution in [1.29, 1.82) is 0 Å². The van der Waals surface area contributed by atoms with Crippen LogP contribution in [0.2, 0.25) is 10.0 Å². The van der Waals surface area contributed by atoms with E-state index < -0.39 is 0 Å². The highest BCUT2D eigenvalue weighted by Crippen LogP contribution is 2.30. The third-order valence-electron chi connectivity index (χ3n) is 4.89. The third kappa shape index (κ3) is 4.99. The number of rotatable bonds is 8. The van der Waals surface area contributed by atoms with Crippen molar-refractivity contribution in [3.8, 4) is 0 Å². The minimum Gasteiger partial charge on any atom is -0.324 e. The van der Waals surface area contributed by atoms with Crippen LogP contribution in [0, 0.1) is 0 Å². The van der Waals surface area contributed by atoms with Gasteiger partial charge >= 0.3 is 0 Å². The van der Waals surface area contributed by atoms with Crippen molar-refractivity contribution in [2.24, 2.45) is 0 Å². The number of allylic oxidation sites excluding steroid dienone is 1. The number of carbonyl (C=O) groups excluding carboxylic acids is 1. The number of hydrogen-bond donors (Lipinski definition) is 1. The van der Waals surface area contributed by atoms with Crippen LogP contribution in [0.5, 0.6) is 0 Å². The highest BCUT2D eigenvalue weighted by Gasteiger charge is 2.16.